The van der Waals surface area contributed by atoms with Crippen molar-refractivity contribution >= 4 is 28.6 Å². The summed E-state index contributed by atoms with van der Waals surface area (Å²) in [6.45, 7) is 2.52. The smallest absolute Gasteiger partial charge is 0.262 e. The molecule has 0 aliphatic heterocycles. The molecule has 2 aromatic rings. The number of fused-ring (bicyclic) bond motifs is 1. The predicted molar refractivity (Wildman–Crippen MR) is 123 cm³/mol. The van der Waals surface area contributed by atoms with Crippen molar-refractivity contribution in [3.8, 4) is 0 Å². The van der Waals surface area contributed by atoms with Crippen molar-refractivity contribution in [3.05, 3.63) is 46.3 Å². The first-order chi connectivity index (χ1) is 14.6. The second kappa shape index (κ2) is 9.82. The highest BCUT2D eigenvalue weighted by molar-refractivity contribution is 8.00. The molecule has 30 heavy (non-hydrogen) atoms. The number of amides is 1. The number of nitrogens with one attached hydrogen (secondary N) is 1. The van der Waals surface area contributed by atoms with E-state index in [4.69, 9.17) is 4.98 Å². The standard InChI is InChI=1S/C24H31N3O2S/c1-17(22(28)25-19-11-5-6-12-19)30-24-26-21-14-8-7-13-20(21)23(29)27(24)16-15-18-9-3-2-4-10-18/h7-9,13-14,17,19H,2-6,10-12,15-16H2,1H3,(H,25,28)/t17-/m0/s1. The fraction of sp³-hybridized carbons (Fsp3) is 0.542. The first-order valence-electron chi connectivity index (χ1n) is 11.3. The third-order valence-electron chi connectivity index (χ3n) is 6.22. The number of aromatic nitrogens is 2. The monoisotopic (exact) mass is 425 g/mol. The average molecular weight is 426 g/mol. The molecule has 6 heteroatoms. The van der Waals surface area contributed by atoms with Crippen LogP contribution in [0.3, 0.4) is 0 Å². The van der Waals surface area contributed by atoms with Gasteiger partial charge in [-0.3, -0.25) is 14.2 Å². The predicted octanol–water partition coefficient (Wildman–Crippen LogP) is 4.83. The van der Waals surface area contributed by atoms with Crippen molar-refractivity contribution in [2.45, 2.75) is 87.7 Å². The summed E-state index contributed by atoms with van der Waals surface area (Å²) in [5.41, 5.74) is 2.12. The highest BCUT2D eigenvalue weighted by Gasteiger charge is 2.23. The van der Waals surface area contributed by atoms with E-state index in [2.05, 4.69) is 11.4 Å². The SMILES string of the molecule is C[C@H](Sc1nc2ccccc2c(=O)n1CCC1=CCCCC1)C(=O)NC1CCCC1. The Labute approximate surface area is 182 Å². The van der Waals surface area contributed by atoms with Gasteiger partial charge in [0, 0.05) is 12.6 Å². The molecule has 1 heterocycles. The molecule has 1 fully saturated rings. The highest BCUT2D eigenvalue weighted by atomic mass is 32.2. The molecular formula is C24H31N3O2S. The number of para-hydroxylation sites is 1. The van der Waals surface area contributed by atoms with E-state index in [9.17, 15) is 9.59 Å². The number of thioether (sulfide) groups is 1. The normalized spacial score (nSPS) is 18.4. The molecule has 0 radical (unpaired) electrons. The number of hydrogen-bond donors (Lipinski definition) is 1. The van der Waals surface area contributed by atoms with Gasteiger partial charge in [0.15, 0.2) is 5.16 Å². The van der Waals surface area contributed by atoms with Crippen molar-refractivity contribution in [3.63, 3.8) is 0 Å². The second-order valence-electron chi connectivity index (χ2n) is 8.48. The minimum Gasteiger partial charge on any atom is -0.352 e. The van der Waals surface area contributed by atoms with Gasteiger partial charge in [-0.1, -0.05) is 48.4 Å². The van der Waals surface area contributed by atoms with Crippen molar-refractivity contribution in [1.29, 1.82) is 0 Å². The Bertz CT molecular complexity index is 992. The summed E-state index contributed by atoms with van der Waals surface area (Å²) < 4.78 is 1.78. The average Bonchev–Trinajstić information content (AvgIpc) is 3.27. The number of nitrogens with zero attached hydrogens (tertiary/aromatic N) is 2. The Hall–Kier alpha value is -2.08. The first-order valence-corrected chi connectivity index (χ1v) is 12.1. The summed E-state index contributed by atoms with van der Waals surface area (Å²) in [7, 11) is 0. The van der Waals surface area contributed by atoms with Gasteiger partial charge in [-0.05, 0) is 64.0 Å². The first kappa shape index (κ1) is 21.2. The van der Waals surface area contributed by atoms with Crippen LogP contribution in [0.2, 0.25) is 0 Å². The van der Waals surface area contributed by atoms with Gasteiger partial charge in [0.05, 0.1) is 16.2 Å². The molecule has 1 N–H and O–H groups in total. The Kier molecular flexibility index (Phi) is 6.93. The summed E-state index contributed by atoms with van der Waals surface area (Å²) in [5.74, 6) is 0.0378. The Balaban J connectivity index is 1.57. The molecule has 1 amide bonds. The summed E-state index contributed by atoms with van der Waals surface area (Å²) in [4.78, 5) is 30.7. The summed E-state index contributed by atoms with van der Waals surface area (Å²) >= 11 is 1.40. The molecule has 2 aliphatic carbocycles. The van der Waals surface area contributed by atoms with E-state index in [1.54, 1.807) is 4.57 Å². The molecule has 1 atom stereocenters. The lowest BCUT2D eigenvalue weighted by Crippen LogP contribution is -2.38. The maximum absolute atomic E-state index is 13.2. The fourth-order valence-corrected chi connectivity index (χ4v) is 5.37. The molecule has 1 aromatic heterocycles. The van der Waals surface area contributed by atoms with Crippen molar-refractivity contribution in [1.82, 2.24) is 14.9 Å². The lowest BCUT2D eigenvalue weighted by atomic mass is 9.97. The zero-order chi connectivity index (χ0) is 20.9. The molecule has 1 saturated carbocycles. The zero-order valence-corrected chi connectivity index (χ0v) is 18.5. The van der Waals surface area contributed by atoms with Crippen LogP contribution in [0.15, 0.2) is 45.9 Å². The van der Waals surface area contributed by atoms with Gasteiger partial charge in [-0.25, -0.2) is 4.98 Å². The largest absolute Gasteiger partial charge is 0.352 e. The third kappa shape index (κ3) is 4.97. The van der Waals surface area contributed by atoms with E-state index in [1.165, 1.54) is 43.0 Å². The maximum atomic E-state index is 13.2. The molecule has 0 saturated heterocycles. The zero-order valence-electron chi connectivity index (χ0n) is 17.7. The number of benzene rings is 1. The van der Waals surface area contributed by atoms with Crippen LogP contribution in [-0.4, -0.2) is 26.8 Å². The third-order valence-corrected chi connectivity index (χ3v) is 7.31. The van der Waals surface area contributed by atoms with Gasteiger partial charge in [0.25, 0.3) is 5.56 Å². The number of allylic oxidation sites excluding steroid dienone is 2. The minimum atomic E-state index is -0.293. The van der Waals surface area contributed by atoms with Gasteiger partial charge in [0.2, 0.25) is 5.91 Å². The molecule has 5 nitrogen and oxygen atoms in total. The molecule has 2 aliphatic rings. The van der Waals surface area contributed by atoms with Crippen molar-refractivity contribution < 1.29 is 4.79 Å². The van der Waals surface area contributed by atoms with Gasteiger partial charge < -0.3 is 5.32 Å². The van der Waals surface area contributed by atoms with Crippen LogP contribution in [0.1, 0.15) is 64.7 Å². The van der Waals surface area contributed by atoms with Crippen LogP contribution in [-0.2, 0) is 11.3 Å². The van der Waals surface area contributed by atoms with E-state index in [0.29, 0.717) is 28.6 Å². The van der Waals surface area contributed by atoms with Gasteiger partial charge in [-0.2, -0.15) is 0 Å². The van der Waals surface area contributed by atoms with Crippen LogP contribution >= 0.6 is 11.8 Å². The summed E-state index contributed by atoms with van der Waals surface area (Å²) in [6, 6.07) is 7.79. The van der Waals surface area contributed by atoms with Gasteiger partial charge in [0.1, 0.15) is 0 Å². The Morgan fingerprint density at radius 1 is 1.23 bits per heavy atom. The number of hydrogen-bond acceptors (Lipinski definition) is 4. The molecule has 4 rings (SSSR count). The Morgan fingerprint density at radius 2 is 2.03 bits per heavy atom. The molecular weight excluding hydrogens is 394 g/mol. The van der Waals surface area contributed by atoms with E-state index in [-0.39, 0.29) is 16.7 Å². The topological polar surface area (TPSA) is 64.0 Å². The van der Waals surface area contributed by atoms with Gasteiger partial charge in [-0.15, -0.1) is 0 Å². The van der Waals surface area contributed by atoms with Crippen LogP contribution in [0.4, 0.5) is 0 Å². The molecule has 1 aromatic carbocycles. The van der Waals surface area contributed by atoms with Crippen LogP contribution in [0, 0.1) is 0 Å². The van der Waals surface area contributed by atoms with E-state index >= 15 is 0 Å². The van der Waals surface area contributed by atoms with Crippen LogP contribution < -0.4 is 10.9 Å². The number of carbonyl (C=O) groups is 1. The number of rotatable bonds is 7. The summed E-state index contributed by atoms with van der Waals surface area (Å²) in [5, 5.41) is 4.16. The van der Waals surface area contributed by atoms with Crippen LogP contribution in [0.5, 0.6) is 0 Å². The molecule has 160 valence electrons. The Morgan fingerprint density at radius 3 is 2.80 bits per heavy atom. The minimum absolute atomic E-state index is 0.0112. The quantitative estimate of drug-likeness (QED) is 0.392. The molecule has 0 unspecified atom stereocenters. The maximum Gasteiger partial charge on any atom is 0.262 e. The molecule has 0 bridgehead atoms. The fourth-order valence-electron chi connectivity index (χ4n) is 4.42. The lowest BCUT2D eigenvalue weighted by Gasteiger charge is -2.19. The van der Waals surface area contributed by atoms with Crippen molar-refractivity contribution in [2.75, 3.05) is 0 Å². The lowest BCUT2D eigenvalue weighted by molar-refractivity contribution is -0.120. The van der Waals surface area contributed by atoms with E-state index in [0.717, 1.165) is 32.1 Å². The van der Waals surface area contributed by atoms with Crippen molar-refractivity contribution in [2.24, 2.45) is 0 Å². The second-order valence-corrected chi connectivity index (χ2v) is 9.78. The highest BCUT2D eigenvalue weighted by Crippen LogP contribution is 2.26. The molecule has 0 spiro atoms. The van der Waals surface area contributed by atoms with E-state index < -0.39 is 0 Å². The van der Waals surface area contributed by atoms with Crippen LogP contribution in [0.25, 0.3) is 10.9 Å². The van der Waals surface area contributed by atoms with Gasteiger partial charge >= 0.3 is 0 Å². The number of carbonyl (C=O) groups excluding carboxylic acids is 1. The summed E-state index contributed by atoms with van der Waals surface area (Å²) in [6.07, 6.45) is 12.5. The van der Waals surface area contributed by atoms with E-state index in [1.807, 2.05) is 31.2 Å².